The van der Waals surface area contributed by atoms with Crippen molar-refractivity contribution >= 4 is 65.6 Å². The van der Waals surface area contributed by atoms with E-state index in [1.54, 1.807) is 50.5 Å². The molecule has 1 aromatic heterocycles. The Hall–Kier alpha value is -2.55. The predicted molar refractivity (Wildman–Crippen MR) is 139 cm³/mol. The molecule has 2 aliphatic heterocycles. The lowest BCUT2D eigenvalue weighted by Crippen LogP contribution is -2.47. The summed E-state index contributed by atoms with van der Waals surface area (Å²) in [5.41, 5.74) is 1.34. The van der Waals surface area contributed by atoms with Gasteiger partial charge in [0.25, 0.3) is 5.91 Å². The maximum atomic E-state index is 13.1. The lowest BCUT2D eigenvalue weighted by molar-refractivity contribution is -0.126. The summed E-state index contributed by atoms with van der Waals surface area (Å²) in [7, 11) is -2.36. The number of nitrogens with zero attached hydrogens (tertiary/aromatic N) is 4. The molecule has 0 aliphatic carbocycles. The monoisotopic (exact) mass is 535 g/mol. The van der Waals surface area contributed by atoms with Crippen molar-refractivity contribution in [3.63, 3.8) is 0 Å². The fourth-order valence-electron chi connectivity index (χ4n) is 3.66. The van der Waals surface area contributed by atoms with Crippen LogP contribution in [0.15, 0.2) is 52.6 Å². The Bertz CT molecular complexity index is 1260. The zero-order valence-electron chi connectivity index (χ0n) is 19.2. The van der Waals surface area contributed by atoms with Crippen molar-refractivity contribution in [1.82, 2.24) is 9.88 Å². The quantitative estimate of drug-likeness (QED) is 0.530. The number of carbonyl (C=O) groups is 1. The molecule has 1 aromatic carbocycles. The fourth-order valence-corrected chi connectivity index (χ4v) is 5.48. The zero-order valence-corrected chi connectivity index (χ0v) is 21.6. The van der Waals surface area contributed by atoms with E-state index in [1.807, 2.05) is 6.92 Å². The molecule has 4 unspecified atom stereocenters. The third kappa shape index (κ3) is 5.34. The molecule has 12 heteroatoms. The van der Waals surface area contributed by atoms with Crippen LogP contribution in [-0.4, -0.2) is 52.2 Å². The van der Waals surface area contributed by atoms with Crippen molar-refractivity contribution < 1.29 is 18.8 Å². The first kappa shape index (κ1) is 25.5. The first-order chi connectivity index (χ1) is 16.6. The molecule has 2 aromatic rings. The van der Waals surface area contributed by atoms with Crippen LogP contribution in [0.2, 0.25) is 10.0 Å². The molecular weight excluding hydrogens is 512 g/mol. The van der Waals surface area contributed by atoms with Gasteiger partial charge in [-0.2, -0.15) is 0 Å². The number of hydrogen-bond acceptors (Lipinski definition) is 7. The Labute approximate surface area is 213 Å². The average Bonchev–Trinajstić information content (AvgIpc) is 2.82. The maximum Gasteiger partial charge on any atom is 0.377 e. The highest BCUT2D eigenvalue weighted by atomic mass is 35.5. The summed E-state index contributed by atoms with van der Waals surface area (Å²) in [6.45, 7) is 3.58. The van der Waals surface area contributed by atoms with Gasteiger partial charge in [-0.05, 0) is 37.6 Å². The van der Waals surface area contributed by atoms with Gasteiger partial charge < -0.3 is 19.6 Å². The number of rotatable bonds is 6. The van der Waals surface area contributed by atoms with Gasteiger partial charge in [-0.15, -0.1) is 0 Å². The van der Waals surface area contributed by atoms with Gasteiger partial charge in [0.1, 0.15) is 6.17 Å². The first-order valence-corrected chi connectivity index (χ1v) is 13.2. The number of hydrogen-bond donors (Lipinski definition) is 2. The van der Waals surface area contributed by atoms with Crippen molar-refractivity contribution in [2.75, 3.05) is 12.4 Å². The van der Waals surface area contributed by atoms with Crippen molar-refractivity contribution in [3.8, 4) is 0 Å². The normalized spacial score (nSPS) is 22.1. The first-order valence-electron chi connectivity index (χ1n) is 10.9. The molecule has 4 rings (SSSR count). The molecule has 0 fully saturated rings. The lowest BCUT2D eigenvalue weighted by Gasteiger charge is -2.36. The number of aliphatic imine (C=N–C) groups is 2. The molecule has 4 atom stereocenters. The van der Waals surface area contributed by atoms with E-state index >= 15 is 0 Å². The molecule has 35 heavy (non-hydrogen) atoms. The highest BCUT2D eigenvalue weighted by molar-refractivity contribution is 7.61. The van der Waals surface area contributed by atoms with Gasteiger partial charge in [-0.25, -0.2) is 15.0 Å². The number of aromatic nitrogens is 1. The van der Waals surface area contributed by atoms with E-state index in [2.05, 4.69) is 20.3 Å². The van der Waals surface area contributed by atoms with Crippen LogP contribution in [0.3, 0.4) is 0 Å². The van der Waals surface area contributed by atoms with Crippen LogP contribution in [0, 0.1) is 5.92 Å². The second-order valence-electron chi connectivity index (χ2n) is 8.19. The third-order valence-corrected chi connectivity index (χ3v) is 7.82. The number of benzene rings is 1. The number of pyridine rings is 1. The Morgan fingerprint density at radius 1 is 1.26 bits per heavy atom. The molecule has 0 spiro atoms. The summed E-state index contributed by atoms with van der Waals surface area (Å²) in [6, 6.07) is 8.09. The molecular formula is C23H24Cl2N5O4P. The highest BCUT2D eigenvalue weighted by Gasteiger charge is 2.37. The second-order valence-corrected chi connectivity index (χ2v) is 10.7. The molecule has 2 N–H and O–H groups in total. The summed E-state index contributed by atoms with van der Waals surface area (Å²) in [4.78, 5) is 37.8. The topological polar surface area (TPSA) is 116 Å². The minimum atomic E-state index is -4.02. The summed E-state index contributed by atoms with van der Waals surface area (Å²) in [6.07, 6.45) is 4.58. The Morgan fingerprint density at radius 2 is 1.97 bits per heavy atom. The molecule has 0 radical (unpaired) electrons. The van der Waals surface area contributed by atoms with Gasteiger partial charge in [-0.3, -0.25) is 9.36 Å². The van der Waals surface area contributed by atoms with Crippen LogP contribution in [0.1, 0.15) is 25.8 Å². The number of anilines is 1. The minimum absolute atomic E-state index is 0.0500. The molecule has 3 heterocycles. The van der Waals surface area contributed by atoms with Gasteiger partial charge in [0.05, 0.1) is 34.0 Å². The Morgan fingerprint density at radius 3 is 2.60 bits per heavy atom. The Kier molecular flexibility index (Phi) is 7.45. The molecule has 1 amide bonds. The van der Waals surface area contributed by atoms with Crippen LogP contribution in [0.5, 0.6) is 0 Å². The molecule has 0 bridgehead atoms. The minimum Gasteiger partial charge on any atom is -0.323 e. The van der Waals surface area contributed by atoms with Gasteiger partial charge in [0.15, 0.2) is 5.44 Å². The third-order valence-electron chi connectivity index (χ3n) is 5.70. The standard InChI is InChI=1S/C23H24Cl2N5O4P/c1-4-13(2)34-35(32,33)19-9-8-15(12-26-19)28-23-27-11-14-10-16(22(31)30(3)21(14)29-23)20-17(24)6-5-7-18(20)25/h5-14,21H,4H2,1-3H3,(H,28,29)(H,32,33). The van der Waals surface area contributed by atoms with Gasteiger partial charge in [-0.1, -0.05) is 42.3 Å². The summed E-state index contributed by atoms with van der Waals surface area (Å²) in [5, 5.41) is 3.80. The van der Waals surface area contributed by atoms with E-state index in [4.69, 9.17) is 27.7 Å². The fraction of sp³-hybridized carbons (Fsp3) is 0.304. The maximum absolute atomic E-state index is 13.1. The van der Waals surface area contributed by atoms with Gasteiger partial charge >= 0.3 is 7.60 Å². The van der Waals surface area contributed by atoms with E-state index in [0.29, 0.717) is 33.3 Å². The number of carbonyl (C=O) groups excluding carboxylic acids is 1. The summed E-state index contributed by atoms with van der Waals surface area (Å²) in [5.74, 6) is -0.258. The van der Waals surface area contributed by atoms with Crippen molar-refractivity contribution in [2.24, 2.45) is 15.9 Å². The van der Waals surface area contributed by atoms with Gasteiger partial charge in [0.2, 0.25) is 5.96 Å². The van der Waals surface area contributed by atoms with E-state index in [0.717, 1.165) is 0 Å². The predicted octanol–water partition coefficient (Wildman–Crippen LogP) is 4.36. The van der Waals surface area contributed by atoms with Crippen LogP contribution in [0.25, 0.3) is 5.57 Å². The molecule has 0 saturated carbocycles. The van der Waals surface area contributed by atoms with Crippen molar-refractivity contribution in [3.05, 3.63) is 58.2 Å². The Balaban J connectivity index is 1.52. The SMILES string of the molecule is CCC(C)OP(=O)(O)c1ccc(NC2=NC3C(C=N2)C=C(c2c(Cl)cccc2Cl)C(=O)N3C)cn1. The number of amides is 1. The van der Waals surface area contributed by atoms with Crippen LogP contribution < -0.4 is 10.8 Å². The smallest absolute Gasteiger partial charge is 0.323 e. The van der Waals surface area contributed by atoms with Crippen molar-refractivity contribution in [2.45, 2.75) is 32.5 Å². The number of nitrogens with one attached hydrogen (secondary N) is 1. The van der Waals surface area contributed by atoms with E-state index in [9.17, 15) is 14.3 Å². The van der Waals surface area contributed by atoms with Crippen molar-refractivity contribution in [1.29, 1.82) is 0 Å². The largest absolute Gasteiger partial charge is 0.377 e. The lowest BCUT2D eigenvalue weighted by atomic mass is 9.92. The van der Waals surface area contributed by atoms with Crippen LogP contribution in [-0.2, 0) is 13.9 Å². The highest BCUT2D eigenvalue weighted by Crippen LogP contribution is 2.42. The average molecular weight is 536 g/mol. The number of guanidine groups is 1. The van der Waals surface area contributed by atoms with Crippen LogP contribution in [0.4, 0.5) is 5.69 Å². The van der Waals surface area contributed by atoms with E-state index in [-0.39, 0.29) is 29.3 Å². The molecule has 2 aliphatic rings. The molecule has 0 saturated heterocycles. The van der Waals surface area contributed by atoms with E-state index in [1.165, 1.54) is 17.2 Å². The molecule has 184 valence electrons. The zero-order chi connectivity index (χ0) is 25.3. The number of likely N-dealkylation sites (N-methyl/N-ethyl adjacent to an activating group) is 1. The van der Waals surface area contributed by atoms with Crippen LogP contribution >= 0.6 is 30.8 Å². The summed E-state index contributed by atoms with van der Waals surface area (Å²) >= 11 is 12.6. The second kappa shape index (κ2) is 10.2. The number of halogens is 2. The van der Waals surface area contributed by atoms with E-state index < -0.39 is 13.8 Å². The van der Waals surface area contributed by atoms with Gasteiger partial charge in [0, 0.05) is 24.4 Å². The number of fused-ring (bicyclic) bond motifs is 1. The molecule has 9 nitrogen and oxygen atoms in total. The summed E-state index contributed by atoms with van der Waals surface area (Å²) < 4.78 is 17.6.